The summed E-state index contributed by atoms with van der Waals surface area (Å²) in [5.74, 6) is 0.630. The van der Waals surface area contributed by atoms with Crippen molar-refractivity contribution >= 4 is 5.69 Å². The maximum absolute atomic E-state index is 9.46. The zero-order chi connectivity index (χ0) is 12.0. The van der Waals surface area contributed by atoms with E-state index in [1.54, 1.807) is 6.92 Å². The molecule has 0 saturated carbocycles. The minimum absolute atomic E-state index is 0.0157. The second-order valence-corrected chi connectivity index (χ2v) is 3.17. The highest BCUT2D eigenvalue weighted by molar-refractivity contribution is 5.69. The van der Waals surface area contributed by atoms with E-state index in [0.717, 1.165) is 6.42 Å². The number of ether oxygens (including phenoxy) is 2. The van der Waals surface area contributed by atoms with Crippen molar-refractivity contribution in [1.29, 1.82) is 5.39 Å². The van der Waals surface area contributed by atoms with Crippen LogP contribution in [0.15, 0.2) is 12.1 Å². The van der Waals surface area contributed by atoms with Crippen LogP contribution in [-0.4, -0.2) is 18.3 Å². The average molecular weight is 223 g/mol. The smallest absolute Gasteiger partial charge is 0.467 e. The van der Waals surface area contributed by atoms with E-state index in [4.69, 9.17) is 14.9 Å². The SMILES string of the molecule is CCCOc1cc(O)cc(OCC)c1[N+]#N. The van der Waals surface area contributed by atoms with E-state index in [0.29, 0.717) is 24.7 Å². The van der Waals surface area contributed by atoms with Gasteiger partial charge in [-0.25, -0.2) is 0 Å². The van der Waals surface area contributed by atoms with Crippen LogP contribution in [-0.2, 0) is 0 Å². The van der Waals surface area contributed by atoms with E-state index in [2.05, 4.69) is 4.98 Å². The van der Waals surface area contributed by atoms with E-state index in [-0.39, 0.29) is 11.4 Å². The van der Waals surface area contributed by atoms with Crippen molar-refractivity contribution in [2.24, 2.45) is 0 Å². The number of hydrogen-bond acceptors (Lipinski definition) is 4. The Morgan fingerprint density at radius 3 is 2.38 bits per heavy atom. The minimum atomic E-state index is 0.0157. The number of phenolic OH excluding ortho intramolecular Hbond substituents is 1. The summed E-state index contributed by atoms with van der Waals surface area (Å²) in [6, 6.07) is 2.78. The summed E-state index contributed by atoms with van der Waals surface area (Å²) in [5.41, 5.74) is 0.202. The average Bonchev–Trinajstić information content (AvgIpc) is 2.26. The van der Waals surface area contributed by atoms with Crippen molar-refractivity contribution in [1.82, 2.24) is 0 Å². The summed E-state index contributed by atoms with van der Waals surface area (Å²) < 4.78 is 10.6. The van der Waals surface area contributed by atoms with Crippen molar-refractivity contribution < 1.29 is 14.6 Å². The summed E-state index contributed by atoms with van der Waals surface area (Å²) in [6.45, 7) is 4.66. The van der Waals surface area contributed by atoms with Gasteiger partial charge in [-0.1, -0.05) is 6.92 Å². The van der Waals surface area contributed by atoms with Crippen molar-refractivity contribution in [3.8, 4) is 17.2 Å². The van der Waals surface area contributed by atoms with Crippen LogP contribution in [0.3, 0.4) is 0 Å². The number of phenols is 1. The fraction of sp³-hybridized carbons (Fsp3) is 0.455. The Morgan fingerprint density at radius 1 is 1.25 bits per heavy atom. The van der Waals surface area contributed by atoms with Crippen LogP contribution in [0.25, 0.3) is 4.98 Å². The van der Waals surface area contributed by atoms with Crippen LogP contribution in [0.2, 0.25) is 0 Å². The van der Waals surface area contributed by atoms with Gasteiger partial charge in [-0.05, 0) is 13.3 Å². The monoisotopic (exact) mass is 223 g/mol. The molecule has 0 aliphatic heterocycles. The van der Waals surface area contributed by atoms with Crippen LogP contribution in [0.5, 0.6) is 17.2 Å². The van der Waals surface area contributed by atoms with Gasteiger partial charge in [-0.15, -0.1) is 0 Å². The molecule has 1 rings (SSSR count). The Hall–Kier alpha value is -1.96. The van der Waals surface area contributed by atoms with Gasteiger partial charge in [0.2, 0.25) is 16.9 Å². The second-order valence-electron chi connectivity index (χ2n) is 3.17. The largest absolute Gasteiger partial charge is 0.508 e. The van der Waals surface area contributed by atoms with Gasteiger partial charge in [-0.3, -0.25) is 0 Å². The number of nitrogens with zero attached hydrogens (tertiary/aromatic N) is 2. The van der Waals surface area contributed by atoms with Gasteiger partial charge < -0.3 is 14.6 Å². The number of rotatable bonds is 5. The molecule has 0 heterocycles. The third kappa shape index (κ3) is 2.76. The summed E-state index contributed by atoms with van der Waals surface area (Å²) in [4.78, 5) is 3.12. The Labute approximate surface area is 94.2 Å². The molecule has 0 fully saturated rings. The summed E-state index contributed by atoms with van der Waals surface area (Å²) in [7, 11) is 0. The fourth-order valence-electron chi connectivity index (χ4n) is 1.25. The lowest BCUT2D eigenvalue weighted by Crippen LogP contribution is -1.97. The van der Waals surface area contributed by atoms with Gasteiger partial charge in [0.15, 0.2) is 4.98 Å². The lowest BCUT2D eigenvalue weighted by molar-refractivity contribution is 0.309. The van der Waals surface area contributed by atoms with Crippen LogP contribution in [0.1, 0.15) is 20.3 Å². The molecule has 0 saturated heterocycles. The first-order valence-electron chi connectivity index (χ1n) is 5.20. The molecule has 0 bridgehead atoms. The lowest BCUT2D eigenvalue weighted by Gasteiger charge is -2.05. The molecule has 86 valence electrons. The summed E-state index contributed by atoms with van der Waals surface area (Å²) >= 11 is 0. The Balaban J connectivity index is 3.10. The molecule has 5 nitrogen and oxygen atoms in total. The third-order valence-corrected chi connectivity index (χ3v) is 1.89. The van der Waals surface area contributed by atoms with E-state index in [9.17, 15) is 5.11 Å². The molecule has 5 heteroatoms. The molecule has 1 aromatic rings. The molecule has 0 aliphatic rings. The minimum Gasteiger partial charge on any atom is -0.508 e. The highest BCUT2D eigenvalue weighted by Gasteiger charge is 2.24. The highest BCUT2D eigenvalue weighted by Crippen LogP contribution is 2.41. The topological polar surface area (TPSA) is 66.8 Å². The Morgan fingerprint density at radius 2 is 1.88 bits per heavy atom. The molecule has 1 N–H and O–H groups in total. The molecule has 0 amide bonds. The molecule has 0 radical (unpaired) electrons. The lowest BCUT2D eigenvalue weighted by atomic mass is 10.2. The zero-order valence-electron chi connectivity index (χ0n) is 9.43. The molecule has 0 aromatic heterocycles. The summed E-state index contributed by atoms with van der Waals surface area (Å²) in [5, 5.41) is 18.4. The standard InChI is InChI=1S/C11H14N2O3/c1-3-5-16-10-7-8(14)6-9(15-4-2)11(10)13-12/h6-7H,3-5H2,1-2H3/p+1. The van der Waals surface area contributed by atoms with Gasteiger partial charge >= 0.3 is 5.69 Å². The van der Waals surface area contributed by atoms with Crippen molar-refractivity contribution in [3.05, 3.63) is 17.1 Å². The first-order valence-corrected chi connectivity index (χ1v) is 5.20. The number of benzene rings is 1. The molecule has 0 aliphatic carbocycles. The van der Waals surface area contributed by atoms with Crippen molar-refractivity contribution in [3.63, 3.8) is 0 Å². The maximum atomic E-state index is 9.46. The molecule has 1 aromatic carbocycles. The van der Waals surface area contributed by atoms with Gasteiger partial charge in [-0.2, -0.15) is 0 Å². The number of diazo groups is 1. The predicted molar refractivity (Wildman–Crippen MR) is 59.8 cm³/mol. The van der Waals surface area contributed by atoms with Crippen molar-refractivity contribution in [2.45, 2.75) is 20.3 Å². The van der Waals surface area contributed by atoms with Crippen LogP contribution in [0, 0.1) is 5.39 Å². The van der Waals surface area contributed by atoms with E-state index < -0.39 is 0 Å². The molecule has 16 heavy (non-hydrogen) atoms. The van der Waals surface area contributed by atoms with Gasteiger partial charge in [0.25, 0.3) is 0 Å². The second kappa shape index (κ2) is 5.81. The highest BCUT2D eigenvalue weighted by atomic mass is 16.5. The van der Waals surface area contributed by atoms with E-state index >= 15 is 0 Å². The first-order chi connectivity index (χ1) is 7.72. The van der Waals surface area contributed by atoms with Crippen LogP contribution in [0.4, 0.5) is 5.69 Å². The Bertz CT molecular complexity index is 399. The predicted octanol–water partition coefficient (Wildman–Crippen LogP) is 3.06. The first kappa shape index (κ1) is 12.1. The summed E-state index contributed by atoms with van der Waals surface area (Å²) in [6.07, 6.45) is 0.824. The zero-order valence-corrected chi connectivity index (χ0v) is 9.43. The molecule has 0 unspecified atom stereocenters. The fourth-order valence-corrected chi connectivity index (χ4v) is 1.25. The van der Waals surface area contributed by atoms with Gasteiger partial charge in [0.1, 0.15) is 5.75 Å². The van der Waals surface area contributed by atoms with Crippen LogP contribution < -0.4 is 9.47 Å². The normalized spacial score (nSPS) is 9.56. The van der Waals surface area contributed by atoms with Crippen LogP contribution >= 0.6 is 0 Å². The number of aromatic hydroxyl groups is 1. The molecular formula is C11H15N2O3+. The van der Waals surface area contributed by atoms with Gasteiger partial charge in [0.05, 0.1) is 13.2 Å². The van der Waals surface area contributed by atoms with Crippen molar-refractivity contribution in [2.75, 3.05) is 13.2 Å². The van der Waals surface area contributed by atoms with E-state index in [1.165, 1.54) is 12.1 Å². The van der Waals surface area contributed by atoms with Gasteiger partial charge in [0, 0.05) is 12.1 Å². The Kier molecular flexibility index (Phi) is 4.40. The molecule has 0 spiro atoms. The van der Waals surface area contributed by atoms with E-state index in [1.807, 2.05) is 6.92 Å². The maximum Gasteiger partial charge on any atom is 0.467 e. The molecular weight excluding hydrogens is 208 g/mol. The number of hydrogen-bond donors (Lipinski definition) is 1. The quantitative estimate of drug-likeness (QED) is 0.779. The third-order valence-electron chi connectivity index (χ3n) is 1.89. The molecule has 0 atom stereocenters.